The minimum atomic E-state index is -3.26. The maximum atomic E-state index is 11.5. The van der Waals surface area contributed by atoms with Crippen molar-refractivity contribution in [1.29, 1.82) is 0 Å². The van der Waals surface area contributed by atoms with E-state index in [1.807, 2.05) is 0 Å². The quantitative estimate of drug-likeness (QED) is 0.335. The molecular formula is C2H2F2IO2-. The molecule has 1 aliphatic heterocycles. The van der Waals surface area contributed by atoms with Gasteiger partial charge in [-0.3, -0.25) is 0 Å². The number of halogens is 3. The molecule has 1 aliphatic rings. The Morgan fingerprint density at radius 2 is 2.29 bits per heavy atom. The summed E-state index contributed by atoms with van der Waals surface area (Å²) in [4.78, 5) is 0. The van der Waals surface area contributed by atoms with Crippen molar-refractivity contribution in [3.05, 3.63) is 0 Å². The molecule has 0 spiro atoms. The van der Waals surface area contributed by atoms with Gasteiger partial charge in [0, 0.05) is 0 Å². The summed E-state index contributed by atoms with van der Waals surface area (Å²) >= 11 is -0.820. The zero-order chi connectivity index (χ0) is 5.33. The summed E-state index contributed by atoms with van der Waals surface area (Å²) < 4.78 is 30.9. The van der Waals surface area contributed by atoms with E-state index < -0.39 is 27.9 Å². The molecule has 44 valence electrons. The van der Waals surface area contributed by atoms with Crippen molar-refractivity contribution in [3.63, 3.8) is 0 Å². The molecule has 0 bridgehead atoms. The van der Waals surface area contributed by atoms with Crippen LogP contribution < -0.4 is 21.6 Å². The third-order valence-electron chi connectivity index (χ3n) is 0.412. The van der Waals surface area contributed by atoms with Crippen molar-refractivity contribution in [2.75, 3.05) is 4.61 Å². The summed E-state index contributed by atoms with van der Waals surface area (Å²) in [6.07, 6.45) is -3.26. The molecule has 0 saturated carbocycles. The van der Waals surface area contributed by atoms with E-state index in [0.29, 0.717) is 0 Å². The van der Waals surface area contributed by atoms with Crippen LogP contribution in [0.1, 0.15) is 0 Å². The first-order chi connectivity index (χ1) is 3.21. The van der Waals surface area contributed by atoms with Crippen molar-refractivity contribution < 1.29 is 38.2 Å². The summed E-state index contributed by atoms with van der Waals surface area (Å²) in [5.41, 5.74) is 0. The van der Waals surface area contributed by atoms with Crippen molar-refractivity contribution in [2.45, 2.75) is 6.29 Å². The van der Waals surface area contributed by atoms with E-state index >= 15 is 0 Å². The molecule has 0 aromatic carbocycles. The third kappa shape index (κ3) is 1.46. The van der Waals surface area contributed by atoms with E-state index in [1.54, 1.807) is 0 Å². The number of hydrogen-bond donors (Lipinski definition) is 0. The maximum absolute atomic E-state index is 11.5. The predicted octanol–water partition coefficient (Wildman–Crippen LogP) is -2.46. The molecule has 1 rings (SSSR count). The summed E-state index contributed by atoms with van der Waals surface area (Å²) in [5, 5.41) is 0. The normalized spacial score (nSPS) is 29.4. The van der Waals surface area contributed by atoms with E-state index in [-0.39, 0.29) is 4.61 Å². The molecule has 0 aromatic rings. The van der Waals surface area contributed by atoms with E-state index in [4.69, 9.17) is 0 Å². The molecule has 0 N–H and O–H groups in total. The van der Waals surface area contributed by atoms with Crippen LogP contribution in [0.3, 0.4) is 0 Å². The number of rotatable bonds is 0. The van der Waals surface area contributed by atoms with E-state index in [0.717, 1.165) is 0 Å². The average Bonchev–Trinajstić information content (AvgIpc) is 1.84. The van der Waals surface area contributed by atoms with Crippen molar-refractivity contribution >= 4 is 0 Å². The fraction of sp³-hybridized carbons (Fsp3) is 1.00. The molecule has 0 radical (unpaired) electrons. The summed E-state index contributed by atoms with van der Waals surface area (Å²) in [5.74, 6) is 0. The molecule has 2 nitrogen and oxygen atoms in total. The third-order valence-corrected chi connectivity index (χ3v) is 1.80. The monoisotopic (exact) mass is 223 g/mol. The fourth-order valence-corrected chi connectivity index (χ4v) is 1.30. The molecule has 0 aromatic heterocycles. The second-order valence-electron chi connectivity index (χ2n) is 0.903. The SMILES string of the molecule is FC1(F)OC[I-]O1. The van der Waals surface area contributed by atoms with Gasteiger partial charge in [-0.05, 0) is 0 Å². The Kier molecular flexibility index (Phi) is 1.44. The van der Waals surface area contributed by atoms with Gasteiger partial charge in [0.1, 0.15) is 0 Å². The Morgan fingerprint density at radius 3 is 2.43 bits per heavy atom. The van der Waals surface area contributed by atoms with Gasteiger partial charge < -0.3 is 0 Å². The van der Waals surface area contributed by atoms with Gasteiger partial charge in [-0.25, -0.2) is 0 Å². The Labute approximate surface area is 49.6 Å². The molecule has 0 amide bonds. The first kappa shape index (κ1) is 5.64. The van der Waals surface area contributed by atoms with Crippen LogP contribution in [0.4, 0.5) is 8.78 Å². The van der Waals surface area contributed by atoms with Crippen LogP contribution >= 0.6 is 0 Å². The van der Waals surface area contributed by atoms with Crippen molar-refractivity contribution in [2.24, 2.45) is 0 Å². The second-order valence-corrected chi connectivity index (χ2v) is 2.59. The van der Waals surface area contributed by atoms with Gasteiger partial charge in [0.25, 0.3) is 0 Å². The minimum absolute atomic E-state index is 0.103. The van der Waals surface area contributed by atoms with Crippen LogP contribution in [0.25, 0.3) is 0 Å². The zero-order valence-electron chi connectivity index (χ0n) is 3.16. The van der Waals surface area contributed by atoms with Crippen LogP contribution in [-0.4, -0.2) is 10.9 Å². The van der Waals surface area contributed by atoms with Crippen LogP contribution in [0.15, 0.2) is 0 Å². The Morgan fingerprint density at radius 1 is 1.57 bits per heavy atom. The molecule has 1 fully saturated rings. The number of alkyl halides is 3. The molecule has 7 heavy (non-hydrogen) atoms. The molecule has 0 atom stereocenters. The van der Waals surface area contributed by atoms with Crippen molar-refractivity contribution in [3.8, 4) is 0 Å². The predicted molar refractivity (Wildman–Crippen MR) is 12.0 cm³/mol. The van der Waals surface area contributed by atoms with Gasteiger partial charge in [-0.1, -0.05) is 0 Å². The fourth-order valence-electron chi connectivity index (χ4n) is 0.194. The first-order valence-corrected chi connectivity index (χ1v) is 3.90. The summed E-state index contributed by atoms with van der Waals surface area (Å²) in [6.45, 7) is 0. The Balaban J connectivity index is 2.40. The van der Waals surface area contributed by atoms with Gasteiger partial charge in [0.05, 0.1) is 0 Å². The van der Waals surface area contributed by atoms with E-state index in [1.165, 1.54) is 0 Å². The first-order valence-electron chi connectivity index (χ1n) is 1.50. The topological polar surface area (TPSA) is 18.5 Å². The molecule has 1 saturated heterocycles. The van der Waals surface area contributed by atoms with Gasteiger partial charge in [0.15, 0.2) is 0 Å². The van der Waals surface area contributed by atoms with Crippen LogP contribution in [0.2, 0.25) is 0 Å². The molecule has 0 aliphatic carbocycles. The van der Waals surface area contributed by atoms with E-state index in [9.17, 15) is 8.78 Å². The summed E-state index contributed by atoms with van der Waals surface area (Å²) in [7, 11) is 0. The second kappa shape index (κ2) is 1.79. The van der Waals surface area contributed by atoms with Crippen molar-refractivity contribution in [1.82, 2.24) is 0 Å². The zero-order valence-corrected chi connectivity index (χ0v) is 5.31. The molecule has 0 unspecified atom stereocenters. The van der Waals surface area contributed by atoms with Crippen LogP contribution in [-0.2, 0) is 7.80 Å². The average molecular weight is 223 g/mol. The van der Waals surface area contributed by atoms with Crippen LogP contribution in [0, 0.1) is 0 Å². The Hall–Kier alpha value is 0.510. The molecule has 1 heterocycles. The Bertz CT molecular complexity index is 68.1. The standard InChI is InChI=1S/C2H2F2IO2/c3-2(4)6-1-5-7-2/h1H2/q-1. The molecule has 5 heteroatoms. The van der Waals surface area contributed by atoms with Crippen LogP contribution in [0.5, 0.6) is 0 Å². The van der Waals surface area contributed by atoms with E-state index in [2.05, 4.69) is 7.80 Å². The van der Waals surface area contributed by atoms with Gasteiger partial charge in [-0.15, -0.1) is 0 Å². The van der Waals surface area contributed by atoms with Gasteiger partial charge >= 0.3 is 49.1 Å². The van der Waals surface area contributed by atoms with Gasteiger partial charge in [-0.2, -0.15) is 0 Å². The van der Waals surface area contributed by atoms with Gasteiger partial charge in [0.2, 0.25) is 0 Å². The number of hydrogen-bond acceptors (Lipinski definition) is 2. The molecular weight excluding hydrogens is 221 g/mol. The summed E-state index contributed by atoms with van der Waals surface area (Å²) in [6, 6.07) is 0. The number of ether oxygens (including phenoxy) is 1.